The number of hydrogen-bond donors (Lipinski definition) is 1. The highest BCUT2D eigenvalue weighted by Gasteiger charge is 2.37. The fourth-order valence-electron chi connectivity index (χ4n) is 2.89. The molecular formula is C18H21N3O4. The van der Waals surface area contributed by atoms with Gasteiger partial charge in [-0.2, -0.15) is 0 Å². The average molecular weight is 343 g/mol. The zero-order chi connectivity index (χ0) is 18.0. The van der Waals surface area contributed by atoms with Gasteiger partial charge in [-0.25, -0.2) is 4.79 Å². The van der Waals surface area contributed by atoms with Gasteiger partial charge in [0.15, 0.2) is 0 Å². The highest BCUT2D eigenvalue weighted by molar-refractivity contribution is 6.31. The lowest BCUT2D eigenvalue weighted by atomic mass is 10.1. The van der Waals surface area contributed by atoms with Crippen LogP contribution in [0.4, 0.5) is 10.5 Å². The van der Waals surface area contributed by atoms with E-state index in [1.165, 1.54) is 6.08 Å². The van der Waals surface area contributed by atoms with E-state index in [0.29, 0.717) is 6.61 Å². The molecule has 0 saturated carbocycles. The number of carbonyl (C=O) groups is 3. The summed E-state index contributed by atoms with van der Waals surface area (Å²) in [4.78, 5) is 39.7. The van der Waals surface area contributed by atoms with Crippen LogP contribution in [-0.2, 0) is 14.3 Å². The minimum Gasteiger partial charge on any atom is -0.378 e. The smallest absolute Gasteiger partial charge is 0.331 e. The van der Waals surface area contributed by atoms with Gasteiger partial charge in [-0.1, -0.05) is 12.1 Å². The van der Waals surface area contributed by atoms with Crippen molar-refractivity contribution < 1.29 is 19.1 Å². The Labute approximate surface area is 146 Å². The number of barbiturate groups is 1. The largest absolute Gasteiger partial charge is 0.378 e. The Morgan fingerprint density at radius 3 is 2.56 bits per heavy atom. The first kappa shape index (κ1) is 17.2. The van der Waals surface area contributed by atoms with E-state index in [-0.39, 0.29) is 18.2 Å². The Kier molecular flexibility index (Phi) is 4.85. The van der Waals surface area contributed by atoms with Crippen LogP contribution in [0.3, 0.4) is 0 Å². The summed E-state index contributed by atoms with van der Waals surface area (Å²) >= 11 is 0. The average Bonchev–Trinajstić information content (AvgIpc) is 3.09. The molecule has 1 N–H and O–H groups in total. The van der Waals surface area contributed by atoms with Crippen molar-refractivity contribution in [3.05, 3.63) is 35.4 Å². The maximum atomic E-state index is 12.6. The third-order valence-electron chi connectivity index (χ3n) is 4.32. The van der Waals surface area contributed by atoms with Crippen LogP contribution in [0, 0.1) is 0 Å². The highest BCUT2D eigenvalue weighted by atomic mass is 16.5. The number of hydrogen-bond acceptors (Lipinski definition) is 5. The summed E-state index contributed by atoms with van der Waals surface area (Å²) < 4.78 is 5.49. The van der Waals surface area contributed by atoms with Gasteiger partial charge < -0.3 is 9.64 Å². The maximum Gasteiger partial charge on any atom is 0.331 e. The Morgan fingerprint density at radius 1 is 1.24 bits per heavy atom. The molecule has 7 nitrogen and oxygen atoms in total. The topological polar surface area (TPSA) is 79.0 Å². The van der Waals surface area contributed by atoms with Crippen molar-refractivity contribution >= 4 is 29.6 Å². The molecule has 4 amide bonds. The van der Waals surface area contributed by atoms with E-state index >= 15 is 0 Å². The first-order valence-corrected chi connectivity index (χ1v) is 8.23. The van der Waals surface area contributed by atoms with Crippen molar-refractivity contribution in [3.8, 4) is 0 Å². The maximum absolute atomic E-state index is 12.6. The van der Waals surface area contributed by atoms with Crippen LogP contribution >= 0.6 is 0 Å². The molecule has 2 heterocycles. The number of rotatable bonds is 4. The summed E-state index contributed by atoms with van der Waals surface area (Å²) in [5, 5.41) is 2.23. The Morgan fingerprint density at radius 2 is 1.96 bits per heavy atom. The van der Waals surface area contributed by atoms with Crippen LogP contribution in [0.25, 0.3) is 6.08 Å². The lowest BCUT2D eigenvalue weighted by Crippen LogP contribution is -2.55. The lowest BCUT2D eigenvalue weighted by molar-refractivity contribution is -0.131. The van der Waals surface area contributed by atoms with Crippen molar-refractivity contribution in [1.82, 2.24) is 10.2 Å². The van der Waals surface area contributed by atoms with Gasteiger partial charge in [0, 0.05) is 26.4 Å². The molecule has 2 aliphatic heterocycles. The number of imide groups is 2. The third-order valence-corrected chi connectivity index (χ3v) is 4.32. The van der Waals surface area contributed by atoms with Gasteiger partial charge in [0.2, 0.25) is 0 Å². The van der Waals surface area contributed by atoms with E-state index < -0.39 is 17.8 Å². The van der Waals surface area contributed by atoms with E-state index in [4.69, 9.17) is 4.74 Å². The van der Waals surface area contributed by atoms with Gasteiger partial charge in [0.05, 0.1) is 12.6 Å². The zero-order valence-corrected chi connectivity index (χ0v) is 14.3. The fourth-order valence-corrected chi connectivity index (χ4v) is 2.89. The van der Waals surface area contributed by atoms with Crippen LogP contribution in [0.1, 0.15) is 18.4 Å². The molecule has 0 aliphatic carbocycles. The van der Waals surface area contributed by atoms with Gasteiger partial charge in [-0.05, 0) is 36.6 Å². The number of nitrogens with zero attached hydrogens (tertiary/aromatic N) is 2. The molecule has 1 aromatic rings. The quantitative estimate of drug-likeness (QED) is 0.660. The number of amides is 4. The number of nitrogens with one attached hydrogen (secondary N) is 1. The van der Waals surface area contributed by atoms with Crippen LogP contribution in [-0.4, -0.2) is 56.1 Å². The molecule has 1 unspecified atom stereocenters. The molecule has 0 aromatic heterocycles. The summed E-state index contributed by atoms with van der Waals surface area (Å²) in [6.45, 7) is 0.795. The second kappa shape index (κ2) is 7.06. The molecular weight excluding hydrogens is 322 g/mol. The summed E-state index contributed by atoms with van der Waals surface area (Å²) in [5.74, 6) is -1.25. The zero-order valence-electron chi connectivity index (χ0n) is 14.3. The first-order chi connectivity index (χ1) is 12.0. The predicted molar refractivity (Wildman–Crippen MR) is 93.0 cm³/mol. The van der Waals surface area contributed by atoms with E-state index in [0.717, 1.165) is 29.0 Å². The molecule has 25 heavy (non-hydrogen) atoms. The van der Waals surface area contributed by atoms with E-state index in [1.807, 2.05) is 43.3 Å². The number of urea groups is 1. The number of ether oxygens (including phenoxy) is 1. The number of anilines is 1. The Balaban J connectivity index is 1.82. The minimum absolute atomic E-state index is 0.0461. The molecule has 1 atom stereocenters. The van der Waals surface area contributed by atoms with E-state index in [2.05, 4.69) is 5.32 Å². The first-order valence-electron chi connectivity index (χ1n) is 8.23. The van der Waals surface area contributed by atoms with Gasteiger partial charge >= 0.3 is 6.03 Å². The molecule has 0 bridgehead atoms. The van der Waals surface area contributed by atoms with Gasteiger partial charge in [-0.3, -0.25) is 19.8 Å². The SMILES string of the molecule is CN(C)c1ccc(/C=C2/C(=O)NC(=O)N(CC3CCCO3)C2=O)cc1. The van der Waals surface area contributed by atoms with Crippen LogP contribution in [0.5, 0.6) is 0 Å². The molecule has 2 aliphatic rings. The van der Waals surface area contributed by atoms with Crippen LogP contribution < -0.4 is 10.2 Å². The van der Waals surface area contributed by atoms with Crippen molar-refractivity contribution in [2.45, 2.75) is 18.9 Å². The lowest BCUT2D eigenvalue weighted by Gasteiger charge is -2.28. The molecule has 2 fully saturated rings. The van der Waals surface area contributed by atoms with Gasteiger partial charge in [0.1, 0.15) is 5.57 Å². The third kappa shape index (κ3) is 3.71. The van der Waals surface area contributed by atoms with Gasteiger partial charge in [0.25, 0.3) is 11.8 Å². The standard InChI is InChI=1S/C18H21N3O4/c1-20(2)13-7-5-12(6-8-13)10-15-16(22)19-18(24)21(17(15)23)11-14-4-3-9-25-14/h5-8,10,14H,3-4,9,11H2,1-2H3,(H,19,22,24)/b15-10-. The summed E-state index contributed by atoms with van der Waals surface area (Å²) in [5.41, 5.74) is 1.68. The fraction of sp³-hybridized carbons (Fsp3) is 0.389. The van der Waals surface area contributed by atoms with E-state index in [1.54, 1.807) is 0 Å². The molecule has 2 saturated heterocycles. The Hall–Kier alpha value is -2.67. The normalized spacial score (nSPS) is 22.5. The molecule has 0 spiro atoms. The summed E-state index contributed by atoms with van der Waals surface area (Å²) in [7, 11) is 3.86. The second-order valence-electron chi connectivity index (χ2n) is 6.35. The van der Waals surface area contributed by atoms with Crippen molar-refractivity contribution in [1.29, 1.82) is 0 Å². The van der Waals surface area contributed by atoms with Crippen molar-refractivity contribution in [2.24, 2.45) is 0 Å². The number of carbonyl (C=O) groups excluding carboxylic acids is 3. The molecule has 0 radical (unpaired) electrons. The van der Waals surface area contributed by atoms with E-state index in [9.17, 15) is 14.4 Å². The van der Waals surface area contributed by atoms with Gasteiger partial charge in [-0.15, -0.1) is 0 Å². The van der Waals surface area contributed by atoms with Crippen LogP contribution in [0.15, 0.2) is 29.8 Å². The molecule has 7 heteroatoms. The van der Waals surface area contributed by atoms with Crippen molar-refractivity contribution in [3.63, 3.8) is 0 Å². The minimum atomic E-state index is -0.689. The Bertz CT molecular complexity index is 718. The highest BCUT2D eigenvalue weighted by Crippen LogP contribution is 2.20. The monoisotopic (exact) mass is 343 g/mol. The molecule has 132 valence electrons. The second-order valence-corrected chi connectivity index (χ2v) is 6.35. The summed E-state index contributed by atoms with van der Waals surface area (Å²) in [6.07, 6.45) is 3.06. The molecule has 3 rings (SSSR count). The summed E-state index contributed by atoms with van der Waals surface area (Å²) in [6, 6.07) is 6.75. The number of benzene rings is 1. The van der Waals surface area contributed by atoms with Crippen LogP contribution in [0.2, 0.25) is 0 Å². The van der Waals surface area contributed by atoms with Crippen molar-refractivity contribution in [2.75, 3.05) is 32.1 Å². The molecule has 1 aromatic carbocycles. The predicted octanol–water partition coefficient (Wildman–Crippen LogP) is 1.39.